The van der Waals surface area contributed by atoms with Crippen LogP contribution in [0.5, 0.6) is 0 Å². The summed E-state index contributed by atoms with van der Waals surface area (Å²) in [7, 11) is -3.53. The highest BCUT2D eigenvalue weighted by Gasteiger charge is 2.15. The van der Waals surface area contributed by atoms with Crippen molar-refractivity contribution < 1.29 is 17.4 Å². The Labute approximate surface area is 87.0 Å². The van der Waals surface area contributed by atoms with E-state index in [0.29, 0.717) is 11.0 Å². The van der Waals surface area contributed by atoms with E-state index in [1.165, 1.54) is 10.9 Å². The first-order valence-corrected chi connectivity index (χ1v) is 6.03. The molecule has 0 fully saturated rings. The fraction of sp³-hybridized carbons (Fsp3) is 0.111. The quantitative estimate of drug-likeness (QED) is 0.670. The van der Waals surface area contributed by atoms with E-state index < -0.39 is 10.1 Å². The van der Waals surface area contributed by atoms with Crippen LogP contribution in [0.4, 0.5) is 0 Å². The normalized spacial score (nSPS) is 11.5. The van der Waals surface area contributed by atoms with Crippen LogP contribution in [0.15, 0.2) is 36.7 Å². The van der Waals surface area contributed by atoms with Crippen molar-refractivity contribution in [1.29, 1.82) is 0 Å². The second-order valence-electron chi connectivity index (χ2n) is 3.02. The first kappa shape index (κ1) is 9.85. The predicted molar refractivity (Wildman–Crippen MR) is 53.4 cm³/mol. The highest BCUT2D eigenvalue weighted by molar-refractivity contribution is 7.86. The zero-order valence-corrected chi connectivity index (χ0v) is 8.81. The molecule has 0 spiro atoms. The molecule has 0 N–H and O–H groups in total. The highest BCUT2D eigenvalue weighted by atomic mass is 32.2. The van der Waals surface area contributed by atoms with Crippen molar-refractivity contribution in [1.82, 2.24) is 4.98 Å². The molecule has 0 aliphatic heterocycles. The van der Waals surface area contributed by atoms with Gasteiger partial charge in [-0.05, 0) is 12.1 Å². The molecule has 2 heterocycles. The maximum atomic E-state index is 11.0. The van der Waals surface area contributed by atoms with Gasteiger partial charge >= 0.3 is 10.1 Å². The number of pyridine rings is 2. The summed E-state index contributed by atoms with van der Waals surface area (Å²) in [6.07, 6.45) is 4.15. The van der Waals surface area contributed by atoms with Crippen molar-refractivity contribution in [2.45, 2.75) is 0 Å². The van der Waals surface area contributed by atoms with Crippen LogP contribution < -0.4 is 9.01 Å². The second kappa shape index (κ2) is 3.47. The van der Waals surface area contributed by atoms with Crippen LogP contribution in [-0.4, -0.2) is 19.7 Å². The summed E-state index contributed by atoms with van der Waals surface area (Å²) >= 11 is 0. The van der Waals surface area contributed by atoms with Gasteiger partial charge in [0.15, 0.2) is 0 Å². The van der Waals surface area contributed by atoms with Crippen molar-refractivity contribution >= 4 is 21.2 Å². The van der Waals surface area contributed by atoms with Gasteiger partial charge in [-0.15, -0.1) is 4.28 Å². The van der Waals surface area contributed by atoms with Crippen LogP contribution in [0.1, 0.15) is 0 Å². The van der Waals surface area contributed by atoms with Crippen molar-refractivity contribution in [3.63, 3.8) is 0 Å². The van der Waals surface area contributed by atoms with E-state index in [1.54, 1.807) is 30.5 Å². The van der Waals surface area contributed by atoms with Crippen LogP contribution in [0, 0.1) is 0 Å². The number of nitrogens with zero attached hydrogens (tertiary/aromatic N) is 2. The van der Waals surface area contributed by atoms with E-state index in [4.69, 9.17) is 4.28 Å². The van der Waals surface area contributed by atoms with E-state index in [0.717, 1.165) is 6.26 Å². The summed E-state index contributed by atoms with van der Waals surface area (Å²) in [5.41, 5.74) is 1.27. The predicted octanol–water partition coefficient (Wildman–Crippen LogP) is -0.0895. The van der Waals surface area contributed by atoms with Gasteiger partial charge in [0.25, 0.3) is 5.52 Å². The lowest BCUT2D eigenvalue weighted by atomic mass is 10.3. The smallest absolute Gasteiger partial charge is 0.250 e. The van der Waals surface area contributed by atoms with Gasteiger partial charge in [-0.3, -0.25) is 0 Å². The van der Waals surface area contributed by atoms with Gasteiger partial charge in [-0.2, -0.15) is 8.42 Å². The van der Waals surface area contributed by atoms with Gasteiger partial charge in [0.1, 0.15) is 5.52 Å². The minimum atomic E-state index is -3.53. The zero-order valence-electron chi connectivity index (χ0n) is 7.99. The Bertz CT molecular complexity index is 590. The Morgan fingerprint density at radius 1 is 1.33 bits per heavy atom. The zero-order chi connectivity index (χ0) is 10.9. The summed E-state index contributed by atoms with van der Waals surface area (Å²) in [5.74, 6) is 0. The van der Waals surface area contributed by atoms with Crippen molar-refractivity contribution in [2.24, 2.45) is 0 Å². The lowest BCUT2D eigenvalue weighted by Gasteiger charge is -1.96. The van der Waals surface area contributed by atoms with E-state index in [2.05, 4.69) is 4.98 Å². The van der Waals surface area contributed by atoms with Gasteiger partial charge < -0.3 is 0 Å². The molecule has 78 valence electrons. The molecule has 0 amide bonds. The molecule has 0 radical (unpaired) electrons. The van der Waals surface area contributed by atoms with Crippen LogP contribution in [0.25, 0.3) is 11.0 Å². The molecular weight excluding hydrogens is 216 g/mol. The molecule has 2 aromatic rings. The highest BCUT2D eigenvalue weighted by Crippen LogP contribution is 2.03. The lowest BCUT2D eigenvalue weighted by Crippen LogP contribution is -2.45. The van der Waals surface area contributed by atoms with E-state index in [-0.39, 0.29) is 0 Å². The molecule has 0 aliphatic rings. The van der Waals surface area contributed by atoms with Crippen LogP contribution >= 0.6 is 0 Å². The molecule has 6 heteroatoms. The number of hydrogen-bond acceptors (Lipinski definition) is 4. The maximum Gasteiger partial charge on any atom is 0.364 e. The average Bonchev–Trinajstić information content (AvgIpc) is 2.16. The fourth-order valence-corrected chi connectivity index (χ4v) is 1.65. The third-order valence-corrected chi connectivity index (χ3v) is 2.18. The van der Waals surface area contributed by atoms with Crippen molar-refractivity contribution in [3.8, 4) is 0 Å². The Morgan fingerprint density at radius 3 is 2.87 bits per heavy atom. The van der Waals surface area contributed by atoms with E-state index in [9.17, 15) is 8.42 Å². The van der Waals surface area contributed by atoms with Gasteiger partial charge in [0, 0.05) is 23.1 Å². The van der Waals surface area contributed by atoms with E-state index >= 15 is 0 Å². The third-order valence-electron chi connectivity index (χ3n) is 1.74. The van der Waals surface area contributed by atoms with Gasteiger partial charge in [0.2, 0.25) is 6.20 Å². The van der Waals surface area contributed by atoms with E-state index in [1.807, 2.05) is 0 Å². The largest absolute Gasteiger partial charge is 0.364 e. The molecule has 0 aromatic carbocycles. The Balaban J connectivity index is 2.61. The number of hydrogen-bond donors (Lipinski definition) is 0. The van der Waals surface area contributed by atoms with Gasteiger partial charge in [-0.1, -0.05) is 0 Å². The fourth-order valence-electron chi connectivity index (χ4n) is 1.23. The number of aromatic nitrogens is 2. The molecule has 0 bridgehead atoms. The summed E-state index contributed by atoms with van der Waals surface area (Å²) in [6, 6.07) is 6.88. The molecule has 15 heavy (non-hydrogen) atoms. The SMILES string of the molecule is CS(=O)(=O)O[n+]1cccc2ncccc21. The molecule has 2 aromatic heterocycles. The Morgan fingerprint density at radius 2 is 2.13 bits per heavy atom. The van der Waals surface area contributed by atoms with Crippen molar-refractivity contribution in [2.75, 3.05) is 6.26 Å². The molecular formula is C9H9N2O3S+. The Hall–Kier alpha value is -1.69. The minimum absolute atomic E-state index is 0.602. The summed E-state index contributed by atoms with van der Waals surface area (Å²) in [5, 5.41) is 0. The van der Waals surface area contributed by atoms with Crippen LogP contribution in [0.3, 0.4) is 0 Å². The molecule has 2 rings (SSSR count). The van der Waals surface area contributed by atoms with Gasteiger partial charge in [-0.25, -0.2) is 4.98 Å². The monoisotopic (exact) mass is 225 g/mol. The van der Waals surface area contributed by atoms with Crippen LogP contribution in [-0.2, 0) is 10.1 Å². The molecule has 5 nitrogen and oxygen atoms in total. The third kappa shape index (κ3) is 2.21. The summed E-state index contributed by atoms with van der Waals surface area (Å²) in [4.78, 5) is 4.08. The molecule has 0 saturated heterocycles. The molecule has 0 saturated carbocycles. The molecule has 0 aliphatic carbocycles. The number of rotatable bonds is 2. The standard InChI is InChI=1S/C9H9N2O3S/c1-15(12,13)14-11-7-3-4-8-9(11)5-2-6-10-8/h2-7H,1H3/q+1. The number of fused-ring (bicyclic) bond motifs is 1. The first-order chi connectivity index (χ1) is 7.06. The van der Waals surface area contributed by atoms with Crippen LogP contribution in [0.2, 0.25) is 0 Å². The summed E-state index contributed by atoms with van der Waals surface area (Å²) < 4.78 is 27.9. The lowest BCUT2D eigenvalue weighted by molar-refractivity contribution is -0.834. The minimum Gasteiger partial charge on any atom is -0.250 e. The van der Waals surface area contributed by atoms with Gasteiger partial charge in [0.05, 0.1) is 6.26 Å². The first-order valence-electron chi connectivity index (χ1n) is 4.22. The average molecular weight is 225 g/mol. The molecule has 0 atom stereocenters. The molecule has 0 unspecified atom stereocenters. The second-order valence-corrected chi connectivity index (χ2v) is 4.58. The Kier molecular flexibility index (Phi) is 2.28. The topological polar surface area (TPSA) is 60.1 Å². The maximum absolute atomic E-state index is 11.0. The van der Waals surface area contributed by atoms with Crippen molar-refractivity contribution in [3.05, 3.63) is 36.7 Å². The summed E-state index contributed by atoms with van der Waals surface area (Å²) in [6.45, 7) is 0.